The van der Waals surface area contributed by atoms with Crippen LogP contribution in [0.3, 0.4) is 0 Å². The second-order valence-corrected chi connectivity index (χ2v) is 4.04. The molecule has 0 saturated heterocycles. The van der Waals surface area contributed by atoms with Gasteiger partial charge >= 0.3 is 0 Å². The highest BCUT2D eigenvalue weighted by Gasteiger charge is 2.00. The molecule has 0 N–H and O–H groups in total. The zero-order chi connectivity index (χ0) is 12.5. The van der Waals surface area contributed by atoms with E-state index in [2.05, 4.69) is 19.1 Å². The Labute approximate surface area is 104 Å². The molecule has 0 unspecified atom stereocenters. The van der Waals surface area contributed by atoms with Crippen molar-refractivity contribution < 1.29 is 9.47 Å². The van der Waals surface area contributed by atoms with Gasteiger partial charge in [-0.05, 0) is 30.5 Å². The normalized spacial score (nSPS) is 10.8. The highest BCUT2D eigenvalue weighted by Crippen LogP contribution is 2.22. The van der Waals surface area contributed by atoms with Crippen LogP contribution in [0.5, 0.6) is 11.5 Å². The van der Waals surface area contributed by atoms with E-state index in [1.807, 2.05) is 18.2 Å². The molecule has 0 aliphatic rings. The third-order valence-corrected chi connectivity index (χ3v) is 2.66. The summed E-state index contributed by atoms with van der Waals surface area (Å²) in [5.41, 5.74) is 1.22. The van der Waals surface area contributed by atoms with Crippen LogP contribution in [0.4, 0.5) is 0 Å². The minimum atomic E-state index is 0.848. The van der Waals surface area contributed by atoms with E-state index in [9.17, 15) is 0 Å². The Kier molecular flexibility index (Phi) is 6.23. The lowest BCUT2D eigenvalue weighted by Crippen LogP contribution is -1.90. The van der Waals surface area contributed by atoms with Gasteiger partial charge in [0.25, 0.3) is 0 Å². The Hall–Kier alpha value is -1.44. The van der Waals surface area contributed by atoms with Crippen molar-refractivity contribution in [1.82, 2.24) is 0 Å². The van der Waals surface area contributed by atoms with Gasteiger partial charge in [-0.25, -0.2) is 0 Å². The van der Waals surface area contributed by atoms with E-state index in [-0.39, 0.29) is 0 Å². The van der Waals surface area contributed by atoms with E-state index < -0.39 is 0 Å². The monoisotopic (exact) mass is 234 g/mol. The van der Waals surface area contributed by atoms with Gasteiger partial charge < -0.3 is 9.47 Å². The second-order valence-electron chi connectivity index (χ2n) is 4.04. The predicted molar refractivity (Wildman–Crippen MR) is 71.9 cm³/mol. The third kappa shape index (κ3) is 4.94. The molecule has 0 aromatic heterocycles. The van der Waals surface area contributed by atoms with Crippen molar-refractivity contribution in [2.75, 3.05) is 14.2 Å². The van der Waals surface area contributed by atoms with E-state index in [0.29, 0.717) is 0 Å². The fourth-order valence-corrected chi connectivity index (χ4v) is 1.64. The maximum Gasteiger partial charge on any atom is 0.122 e. The summed E-state index contributed by atoms with van der Waals surface area (Å²) < 4.78 is 10.5. The first kappa shape index (κ1) is 13.6. The number of ether oxygens (including phenoxy) is 2. The zero-order valence-electron chi connectivity index (χ0n) is 11.0. The zero-order valence-corrected chi connectivity index (χ0v) is 11.0. The molecule has 1 rings (SSSR count). The topological polar surface area (TPSA) is 18.5 Å². The summed E-state index contributed by atoms with van der Waals surface area (Å²) in [6, 6.07) is 5.99. The van der Waals surface area contributed by atoms with Gasteiger partial charge in [0.2, 0.25) is 0 Å². The van der Waals surface area contributed by atoms with Gasteiger partial charge in [-0.3, -0.25) is 0 Å². The number of hydrogen-bond donors (Lipinski definition) is 0. The van der Waals surface area contributed by atoms with E-state index >= 15 is 0 Å². The van der Waals surface area contributed by atoms with Crippen LogP contribution in [0.25, 0.3) is 0 Å². The molecule has 17 heavy (non-hydrogen) atoms. The first-order chi connectivity index (χ1) is 8.30. The fraction of sp³-hybridized carbons (Fsp3) is 0.467. The van der Waals surface area contributed by atoms with Gasteiger partial charge in [0.15, 0.2) is 0 Å². The number of hydrogen-bond acceptors (Lipinski definition) is 2. The number of benzene rings is 1. The first-order valence-corrected chi connectivity index (χ1v) is 6.17. The van der Waals surface area contributed by atoms with Crippen LogP contribution in [0.2, 0.25) is 0 Å². The number of methoxy groups -OCH3 is 2. The van der Waals surface area contributed by atoms with Crippen LogP contribution in [-0.2, 0) is 6.42 Å². The maximum absolute atomic E-state index is 5.24. The summed E-state index contributed by atoms with van der Waals surface area (Å²) in [4.78, 5) is 0. The number of unbranched alkanes of at least 4 members (excludes halogenated alkanes) is 2. The predicted octanol–water partition coefficient (Wildman–Crippen LogP) is 3.99. The molecule has 0 fully saturated rings. The van der Waals surface area contributed by atoms with Crippen LogP contribution in [0, 0.1) is 0 Å². The lowest BCUT2D eigenvalue weighted by Gasteiger charge is -2.06. The minimum absolute atomic E-state index is 0.848. The molecular formula is C15H22O2. The standard InChI is InChI=1S/C15H22O2/c1-4-5-6-7-8-9-13-10-14(16-2)12-15(11-13)17-3/h7-8,10-12H,4-6,9H2,1-3H3/b8-7+. The molecule has 0 atom stereocenters. The Bertz CT molecular complexity index is 334. The largest absolute Gasteiger partial charge is 0.497 e. The van der Waals surface area contributed by atoms with Gasteiger partial charge in [0.05, 0.1) is 14.2 Å². The van der Waals surface area contributed by atoms with Crippen molar-refractivity contribution in [1.29, 1.82) is 0 Å². The van der Waals surface area contributed by atoms with Gasteiger partial charge in [-0.1, -0.05) is 31.9 Å². The summed E-state index contributed by atoms with van der Waals surface area (Å²) in [7, 11) is 3.35. The average molecular weight is 234 g/mol. The second kappa shape index (κ2) is 7.77. The molecule has 94 valence electrons. The summed E-state index contributed by atoms with van der Waals surface area (Å²) in [5.74, 6) is 1.70. The lowest BCUT2D eigenvalue weighted by molar-refractivity contribution is 0.393. The van der Waals surface area contributed by atoms with E-state index in [1.54, 1.807) is 14.2 Å². The first-order valence-electron chi connectivity index (χ1n) is 6.17. The number of rotatable bonds is 7. The number of allylic oxidation sites excluding steroid dienone is 2. The maximum atomic E-state index is 5.24. The van der Waals surface area contributed by atoms with Gasteiger partial charge in [0.1, 0.15) is 11.5 Å². The summed E-state index contributed by atoms with van der Waals surface area (Å²) in [6.45, 7) is 2.21. The van der Waals surface area contributed by atoms with Gasteiger partial charge in [-0.15, -0.1) is 0 Å². The lowest BCUT2D eigenvalue weighted by atomic mass is 10.1. The van der Waals surface area contributed by atoms with E-state index in [1.165, 1.54) is 18.4 Å². The quantitative estimate of drug-likeness (QED) is 0.524. The molecular weight excluding hydrogens is 212 g/mol. The molecule has 0 saturated carbocycles. The van der Waals surface area contributed by atoms with Crippen molar-refractivity contribution in [2.45, 2.75) is 32.6 Å². The van der Waals surface area contributed by atoms with Crippen molar-refractivity contribution >= 4 is 0 Å². The molecule has 0 amide bonds. The van der Waals surface area contributed by atoms with Crippen LogP contribution >= 0.6 is 0 Å². The highest BCUT2D eigenvalue weighted by molar-refractivity contribution is 5.39. The van der Waals surface area contributed by atoms with Crippen LogP contribution < -0.4 is 9.47 Å². The Morgan fingerprint density at radius 3 is 2.18 bits per heavy atom. The molecule has 2 heteroatoms. The average Bonchev–Trinajstić information content (AvgIpc) is 2.38. The van der Waals surface area contributed by atoms with Crippen molar-refractivity contribution in [3.05, 3.63) is 35.9 Å². The smallest absolute Gasteiger partial charge is 0.122 e. The summed E-state index contributed by atoms with van der Waals surface area (Å²) >= 11 is 0. The minimum Gasteiger partial charge on any atom is -0.497 e. The summed E-state index contributed by atoms with van der Waals surface area (Å²) in [6.07, 6.45) is 9.06. The highest BCUT2D eigenvalue weighted by atomic mass is 16.5. The molecule has 2 nitrogen and oxygen atoms in total. The fourth-order valence-electron chi connectivity index (χ4n) is 1.64. The Morgan fingerprint density at radius 1 is 1.00 bits per heavy atom. The van der Waals surface area contributed by atoms with Crippen LogP contribution in [0.15, 0.2) is 30.4 Å². The molecule has 0 aliphatic carbocycles. The molecule has 0 heterocycles. The summed E-state index contributed by atoms with van der Waals surface area (Å²) in [5, 5.41) is 0. The molecule has 1 aromatic carbocycles. The molecule has 0 spiro atoms. The van der Waals surface area contributed by atoms with Crippen LogP contribution in [-0.4, -0.2) is 14.2 Å². The van der Waals surface area contributed by atoms with Gasteiger partial charge in [0, 0.05) is 6.07 Å². The molecule has 1 aromatic rings. The molecule has 0 aliphatic heterocycles. The third-order valence-electron chi connectivity index (χ3n) is 2.66. The Morgan fingerprint density at radius 2 is 1.65 bits per heavy atom. The van der Waals surface area contributed by atoms with Crippen molar-refractivity contribution in [3.63, 3.8) is 0 Å². The van der Waals surface area contributed by atoms with Gasteiger partial charge in [-0.2, -0.15) is 0 Å². The molecule has 0 bridgehead atoms. The van der Waals surface area contributed by atoms with E-state index in [4.69, 9.17) is 9.47 Å². The van der Waals surface area contributed by atoms with Crippen molar-refractivity contribution in [2.24, 2.45) is 0 Å². The SMILES string of the molecule is CCCC/C=C/Cc1cc(OC)cc(OC)c1. The Balaban J connectivity index is 2.60. The van der Waals surface area contributed by atoms with Crippen molar-refractivity contribution in [3.8, 4) is 11.5 Å². The molecule has 0 radical (unpaired) electrons. The van der Waals surface area contributed by atoms with Crippen LogP contribution in [0.1, 0.15) is 31.7 Å². The van der Waals surface area contributed by atoms with E-state index in [0.717, 1.165) is 24.3 Å².